The zero-order valence-electron chi connectivity index (χ0n) is 14.4. The molecule has 134 valence electrons. The number of halogens is 1. The smallest absolute Gasteiger partial charge is 0.317 e. The number of nitrogens with one attached hydrogen (secondary N) is 1. The number of piperidine rings is 1. The van der Waals surface area contributed by atoms with Crippen molar-refractivity contribution in [2.45, 2.75) is 38.5 Å². The number of carbonyl (C=O) groups is 1. The summed E-state index contributed by atoms with van der Waals surface area (Å²) >= 11 is 0. The second-order valence-corrected chi connectivity index (χ2v) is 6.33. The molecule has 1 aliphatic heterocycles. The largest absolute Gasteiger partial charge is 0.339 e. The van der Waals surface area contributed by atoms with Crippen LogP contribution in [0.25, 0.3) is 11.4 Å². The van der Waals surface area contributed by atoms with Gasteiger partial charge in [0, 0.05) is 25.2 Å². The van der Waals surface area contributed by atoms with Gasteiger partial charge in [0.1, 0.15) is 5.82 Å². The molecule has 0 radical (unpaired) electrons. The third kappa shape index (κ3) is 4.35. The van der Waals surface area contributed by atoms with Crippen molar-refractivity contribution in [2.24, 2.45) is 0 Å². The number of urea groups is 1. The first-order valence-corrected chi connectivity index (χ1v) is 8.79. The molecule has 1 aromatic heterocycles. The number of hydrogen-bond donors (Lipinski definition) is 1. The first kappa shape index (κ1) is 17.4. The van der Waals surface area contributed by atoms with Crippen LogP contribution in [0.4, 0.5) is 9.18 Å². The third-order valence-corrected chi connectivity index (χ3v) is 4.41. The van der Waals surface area contributed by atoms with Crippen LogP contribution in [0, 0.1) is 5.82 Å². The van der Waals surface area contributed by atoms with Gasteiger partial charge < -0.3 is 14.7 Å². The van der Waals surface area contributed by atoms with Crippen LogP contribution < -0.4 is 5.32 Å². The Morgan fingerprint density at radius 2 is 2.20 bits per heavy atom. The molecular weight excluding hydrogens is 323 g/mol. The summed E-state index contributed by atoms with van der Waals surface area (Å²) in [6.45, 7) is 4.11. The standard InChI is InChI=1S/C18H23FN4O2/c1-2-3-10-20-18(24)23-11-4-5-14(12-23)17-21-16(22-25-17)13-6-8-15(19)9-7-13/h6-9,14H,2-5,10-12H2,1H3,(H,20,24). The van der Waals surface area contributed by atoms with Crippen molar-refractivity contribution in [3.63, 3.8) is 0 Å². The van der Waals surface area contributed by atoms with Gasteiger partial charge in [0.2, 0.25) is 11.7 Å². The lowest BCUT2D eigenvalue weighted by Crippen LogP contribution is -2.45. The summed E-state index contributed by atoms with van der Waals surface area (Å²) in [4.78, 5) is 18.5. The topological polar surface area (TPSA) is 71.3 Å². The Morgan fingerprint density at radius 1 is 1.40 bits per heavy atom. The van der Waals surface area contributed by atoms with Gasteiger partial charge in [0.05, 0.1) is 5.92 Å². The summed E-state index contributed by atoms with van der Waals surface area (Å²) in [5.74, 6) is 0.710. The fraction of sp³-hybridized carbons (Fsp3) is 0.500. The summed E-state index contributed by atoms with van der Waals surface area (Å²) in [7, 11) is 0. The van der Waals surface area contributed by atoms with E-state index in [0.29, 0.717) is 30.4 Å². The van der Waals surface area contributed by atoms with Gasteiger partial charge in [0.25, 0.3) is 0 Å². The van der Waals surface area contributed by atoms with Gasteiger partial charge in [-0.05, 0) is 43.5 Å². The van der Waals surface area contributed by atoms with E-state index in [2.05, 4.69) is 22.4 Å². The predicted octanol–water partition coefficient (Wildman–Crippen LogP) is 3.56. The Hall–Kier alpha value is -2.44. The highest BCUT2D eigenvalue weighted by Gasteiger charge is 2.28. The van der Waals surface area contributed by atoms with Crippen LogP contribution in [0.3, 0.4) is 0 Å². The lowest BCUT2D eigenvalue weighted by molar-refractivity contribution is 0.172. The van der Waals surface area contributed by atoms with E-state index in [4.69, 9.17) is 4.52 Å². The number of carbonyl (C=O) groups excluding carboxylic acids is 1. The van der Waals surface area contributed by atoms with Gasteiger partial charge >= 0.3 is 6.03 Å². The average molecular weight is 346 g/mol. The predicted molar refractivity (Wildman–Crippen MR) is 91.5 cm³/mol. The van der Waals surface area contributed by atoms with Gasteiger partial charge in [-0.15, -0.1) is 0 Å². The van der Waals surface area contributed by atoms with Crippen molar-refractivity contribution >= 4 is 6.03 Å². The van der Waals surface area contributed by atoms with Crippen LogP contribution >= 0.6 is 0 Å². The molecule has 1 aromatic carbocycles. The maximum absolute atomic E-state index is 13.0. The van der Waals surface area contributed by atoms with E-state index in [1.54, 1.807) is 12.1 Å². The number of nitrogens with zero attached hydrogens (tertiary/aromatic N) is 3. The zero-order chi connectivity index (χ0) is 17.6. The van der Waals surface area contributed by atoms with Crippen molar-refractivity contribution in [1.29, 1.82) is 0 Å². The molecule has 1 N–H and O–H groups in total. The average Bonchev–Trinajstić information content (AvgIpc) is 3.13. The van der Waals surface area contributed by atoms with Crippen LogP contribution in [0.15, 0.2) is 28.8 Å². The molecule has 0 aliphatic carbocycles. The minimum Gasteiger partial charge on any atom is -0.339 e. The summed E-state index contributed by atoms with van der Waals surface area (Å²) in [5.41, 5.74) is 0.710. The van der Waals surface area contributed by atoms with Gasteiger partial charge in [0.15, 0.2) is 0 Å². The van der Waals surface area contributed by atoms with Crippen molar-refractivity contribution in [3.05, 3.63) is 36.0 Å². The molecular formula is C18H23FN4O2. The number of amides is 2. The van der Waals surface area contributed by atoms with Crippen molar-refractivity contribution in [2.75, 3.05) is 19.6 Å². The van der Waals surface area contributed by atoms with Crippen LogP contribution in [-0.2, 0) is 0 Å². The number of hydrogen-bond acceptors (Lipinski definition) is 4. The molecule has 1 unspecified atom stereocenters. The van der Waals surface area contributed by atoms with Gasteiger partial charge in [-0.1, -0.05) is 18.5 Å². The molecule has 1 aliphatic rings. The Labute approximate surface area is 146 Å². The summed E-state index contributed by atoms with van der Waals surface area (Å²) in [6, 6.07) is 5.95. The maximum Gasteiger partial charge on any atom is 0.317 e. The summed E-state index contributed by atoms with van der Waals surface area (Å²) < 4.78 is 18.4. The highest BCUT2D eigenvalue weighted by Crippen LogP contribution is 2.27. The molecule has 1 fully saturated rings. The Morgan fingerprint density at radius 3 is 2.96 bits per heavy atom. The second-order valence-electron chi connectivity index (χ2n) is 6.33. The van der Waals surface area contributed by atoms with Crippen LogP contribution in [0.5, 0.6) is 0 Å². The van der Waals surface area contributed by atoms with Crippen LogP contribution in [-0.4, -0.2) is 40.7 Å². The zero-order valence-corrected chi connectivity index (χ0v) is 14.4. The van der Waals surface area contributed by atoms with Gasteiger partial charge in [-0.3, -0.25) is 0 Å². The first-order chi connectivity index (χ1) is 12.2. The molecule has 2 aromatic rings. The van der Waals surface area contributed by atoms with Gasteiger partial charge in [-0.25, -0.2) is 9.18 Å². The highest BCUT2D eigenvalue weighted by molar-refractivity contribution is 5.74. The van der Waals surface area contributed by atoms with E-state index in [0.717, 1.165) is 32.2 Å². The highest BCUT2D eigenvalue weighted by atomic mass is 19.1. The minimum absolute atomic E-state index is 0.0311. The van der Waals surface area contributed by atoms with Crippen molar-refractivity contribution in [1.82, 2.24) is 20.4 Å². The molecule has 7 heteroatoms. The van der Waals surface area contributed by atoms with Crippen LogP contribution in [0.1, 0.15) is 44.4 Å². The molecule has 1 atom stereocenters. The number of rotatable bonds is 5. The molecule has 6 nitrogen and oxygen atoms in total. The first-order valence-electron chi connectivity index (χ1n) is 8.79. The Balaban J connectivity index is 1.63. The fourth-order valence-corrected chi connectivity index (χ4v) is 2.96. The molecule has 3 rings (SSSR count). The van der Waals surface area contributed by atoms with E-state index >= 15 is 0 Å². The van der Waals surface area contributed by atoms with Crippen molar-refractivity contribution < 1.29 is 13.7 Å². The van der Waals surface area contributed by atoms with E-state index in [9.17, 15) is 9.18 Å². The lowest BCUT2D eigenvalue weighted by atomic mass is 9.98. The third-order valence-electron chi connectivity index (χ3n) is 4.41. The number of aromatic nitrogens is 2. The van der Waals surface area contributed by atoms with E-state index in [1.807, 2.05) is 4.90 Å². The van der Waals surface area contributed by atoms with Crippen LogP contribution in [0.2, 0.25) is 0 Å². The van der Waals surface area contributed by atoms with Gasteiger partial charge in [-0.2, -0.15) is 4.98 Å². The van der Waals surface area contributed by atoms with Crippen molar-refractivity contribution in [3.8, 4) is 11.4 Å². The molecule has 0 bridgehead atoms. The quantitative estimate of drug-likeness (QED) is 0.840. The normalized spacial score (nSPS) is 17.5. The monoisotopic (exact) mass is 346 g/mol. The molecule has 25 heavy (non-hydrogen) atoms. The molecule has 0 spiro atoms. The van der Waals surface area contributed by atoms with E-state index < -0.39 is 0 Å². The number of benzene rings is 1. The SMILES string of the molecule is CCCCNC(=O)N1CCCC(c2nc(-c3ccc(F)cc3)no2)C1. The minimum atomic E-state index is -0.301. The summed E-state index contributed by atoms with van der Waals surface area (Å²) in [6.07, 6.45) is 3.84. The molecule has 2 heterocycles. The molecule has 0 saturated carbocycles. The number of unbranched alkanes of at least 4 members (excludes halogenated alkanes) is 1. The molecule has 1 saturated heterocycles. The number of likely N-dealkylation sites (tertiary alicyclic amines) is 1. The summed E-state index contributed by atoms with van der Waals surface area (Å²) in [5, 5.41) is 6.94. The Bertz CT molecular complexity index is 701. The fourth-order valence-electron chi connectivity index (χ4n) is 2.96. The van der Waals surface area contributed by atoms with E-state index in [1.165, 1.54) is 12.1 Å². The molecule has 2 amide bonds. The van der Waals surface area contributed by atoms with E-state index in [-0.39, 0.29) is 17.8 Å². The Kier molecular flexibility index (Phi) is 5.63. The second kappa shape index (κ2) is 8.09. The maximum atomic E-state index is 13.0. The lowest BCUT2D eigenvalue weighted by Gasteiger charge is -2.31.